The molecule has 0 saturated carbocycles. The molecule has 0 heterocycles. The number of allylic oxidation sites excluding steroid dienone is 1. The Labute approximate surface area is 76.4 Å². The van der Waals surface area contributed by atoms with Crippen LogP contribution < -0.4 is 0 Å². The molecule has 0 fully saturated rings. The highest BCUT2D eigenvalue weighted by Crippen LogP contribution is 2.07. The maximum Gasteiger partial charge on any atom is 0.126 e. The molecular formula is C9H8Cl2. The highest BCUT2D eigenvalue weighted by Gasteiger charge is 1.88. The molecular weight excluding hydrogens is 179 g/mol. The minimum absolute atomic E-state index is 0.421. The van der Waals surface area contributed by atoms with E-state index in [1.54, 1.807) is 6.08 Å². The van der Waals surface area contributed by atoms with Crippen LogP contribution in [0, 0.1) is 0 Å². The van der Waals surface area contributed by atoms with Crippen LogP contribution in [0.3, 0.4) is 0 Å². The van der Waals surface area contributed by atoms with E-state index in [9.17, 15) is 0 Å². The summed E-state index contributed by atoms with van der Waals surface area (Å²) < 4.78 is 0. The Morgan fingerprint density at radius 2 is 1.73 bits per heavy atom. The molecule has 0 aliphatic carbocycles. The maximum absolute atomic E-state index is 5.51. The average molecular weight is 187 g/mol. The Kier molecular flexibility index (Phi) is 3.47. The van der Waals surface area contributed by atoms with Crippen molar-refractivity contribution in [2.24, 2.45) is 0 Å². The quantitative estimate of drug-likeness (QED) is 0.621. The lowest BCUT2D eigenvalue weighted by atomic mass is 10.2. The van der Waals surface area contributed by atoms with Crippen LogP contribution in [0.4, 0.5) is 0 Å². The summed E-state index contributed by atoms with van der Waals surface area (Å²) in [7, 11) is 0. The molecule has 0 amide bonds. The van der Waals surface area contributed by atoms with Crippen molar-refractivity contribution < 1.29 is 0 Å². The second-order valence-electron chi connectivity index (χ2n) is 2.10. The summed E-state index contributed by atoms with van der Waals surface area (Å²) in [5.74, 6) is 0. The Bertz CT molecular complexity index is 227. The van der Waals surface area contributed by atoms with Crippen molar-refractivity contribution in [3.63, 3.8) is 0 Å². The molecule has 0 spiro atoms. The van der Waals surface area contributed by atoms with Crippen LogP contribution in [0.2, 0.25) is 0 Å². The van der Waals surface area contributed by atoms with Crippen LogP contribution >= 0.6 is 23.2 Å². The van der Waals surface area contributed by atoms with Gasteiger partial charge in [-0.3, -0.25) is 0 Å². The van der Waals surface area contributed by atoms with Gasteiger partial charge in [-0.05, 0) is 5.56 Å². The number of alkyl halides is 2. The molecule has 58 valence electrons. The first-order valence-corrected chi connectivity index (χ1v) is 4.18. The highest BCUT2D eigenvalue weighted by atomic mass is 35.5. The van der Waals surface area contributed by atoms with Crippen molar-refractivity contribution in [1.29, 1.82) is 0 Å². The Balaban J connectivity index is 2.65. The smallest absolute Gasteiger partial charge is 0.101 e. The Morgan fingerprint density at radius 1 is 1.09 bits per heavy atom. The summed E-state index contributed by atoms with van der Waals surface area (Å²) >= 11 is 11.0. The minimum Gasteiger partial charge on any atom is -0.101 e. The largest absolute Gasteiger partial charge is 0.126 e. The molecule has 1 aromatic carbocycles. The first-order valence-electron chi connectivity index (χ1n) is 3.30. The van der Waals surface area contributed by atoms with Gasteiger partial charge in [-0.25, -0.2) is 0 Å². The van der Waals surface area contributed by atoms with Gasteiger partial charge in [0.1, 0.15) is 4.84 Å². The second-order valence-corrected chi connectivity index (χ2v) is 3.27. The van der Waals surface area contributed by atoms with Crippen molar-refractivity contribution in [2.75, 3.05) is 0 Å². The van der Waals surface area contributed by atoms with E-state index in [1.165, 1.54) is 0 Å². The third-order valence-corrected chi connectivity index (χ3v) is 1.52. The van der Waals surface area contributed by atoms with Gasteiger partial charge in [0.15, 0.2) is 0 Å². The Hall–Kier alpha value is -0.460. The lowest BCUT2D eigenvalue weighted by Gasteiger charge is -1.91. The monoisotopic (exact) mass is 186 g/mol. The fraction of sp³-hybridized carbons (Fsp3) is 0.111. The molecule has 2 heteroatoms. The molecule has 11 heavy (non-hydrogen) atoms. The zero-order valence-corrected chi connectivity index (χ0v) is 7.39. The maximum atomic E-state index is 5.51. The number of hydrogen-bond donors (Lipinski definition) is 0. The van der Waals surface area contributed by atoms with Crippen LogP contribution in [0.15, 0.2) is 36.4 Å². The van der Waals surface area contributed by atoms with E-state index < -0.39 is 4.84 Å². The third kappa shape index (κ3) is 3.45. The summed E-state index contributed by atoms with van der Waals surface area (Å²) in [5, 5.41) is 0. The number of hydrogen-bond acceptors (Lipinski definition) is 0. The van der Waals surface area contributed by atoms with E-state index in [2.05, 4.69) is 0 Å². The average Bonchev–Trinajstić information content (AvgIpc) is 2.03. The van der Waals surface area contributed by atoms with E-state index in [-0.39, 0.29) is 0 Å². The van der Waals surface area contributed by atoms with Crippen molar-refractivity contribution in [1.82, 2.24) is 0 Å². The van der Waals surface area contributed by atoms with Gasteiger partial charge in [0.2, 0.25) is 0 Å². The first kappa shape index (κ1) is 8.63. The van der Waals surface area contributed by atoms with Crippen molar-refractivity contribution in [3.05, 3.63) is 42.0 Å². The number of halogens is 2. The molecule has 0 aliphatic rings. The SMILES string of the molecule is ClC(Cl)/C=C/c1ccccc1. The normalized spacial score (nSPS) is 11.2. The number of benzene rings is 1. The summed E-state index contributed by atoms with van der Waals surface area (Å²) in [5.41, 5.74) is 1.11. The third-order valence-electron chi connectivity index (χ3n) is 1.23. The van der Waals surface area contributed by atoms with Gasteiger partial charge in [0, 0.05) is 0 Å². The summed E-state index contributed by atoms with van der Waals surface area (Å²) in [6, 6.07) is 9.89. The molecule has 0 aromatic heterocycles. The number of rotatable bonds is 2. The summed E-state index contributed by atoms with van der Waals surface area (Å²) in [4.78, 5) is -0.421. The van der Waals surface area contributed by atoms with Gasteiger partial charge in [-0.2, -0.15) is 0 Å². The molecule has 1 aromatic rings. The molecule has 0 nitrogen and oxygen atoms in total. The Morgan fingerprint density at radius 3 is 2.27 bits per heavy atom. The van der Waals surface area contributed by atoms with Gasteiger partial charge < -0.3 is 0 Å². The van der Waals surface area contributed by atoms with E-state index in [0.29, 0.717) is 0 Å². The lowest BCUT2D eigenvalue weighted by Crippen LogP contribution is -1.75. The van der Waals surface area contributed by atoms with Gasteiger partial charge in [0.05, 0.1) is 0 Å². The fourth-order valence-electron chi connectivity index (χ4n) is 0.748. The van der Waals surface area contributed by atoms with Crippen molar-refractivity contribution >= 4 is 29.3 Å². The minimum atomic E-state index is -0.421. The topological polar surface area (TPSA) is 0 Å². The van der Waals surface area contributed by atoms with E-state index in [0.717, 1.165) is 5.56 Å². The van der Waals surface area contributed by atoms with E-state index in [1.807, 2.05) is 36.4 Å². The fourth-order valence-corrected chi connectivity index (χ4v) is 0.893. The predicted molar refractivity (Wildman–Crippen MR) is 51.0 cm³/mol. The van der Waals surface area contributed by atoms with Crippen LogP contribution in [0.25, 0.3) is 6.08 Å². The standard InChI is InChI=1S/C9H8Cl2/c10-9(11)7-6-8-4-2-1-3-5-8/h1-7,9H/b7-6+. The molecule has 0 saturated heterocycles. The summed E-state index contributed by atoms with van der Waals surface area (Å²) in [6.07, 6.45) is 3.63. The molecule has 0 N–H and O–H groups in total. The van der Waals surface area contributed by atoms with Crippen LogP contribution in [0.1, 0.15) is 5.56 Å². The van der Waals surface area contributed by atoms with Crippen molar-refractivity contribution in [3.8, 4) is 0 Å². The van der Waals surface area contributed by atoms with Gasteiger partial charge in [0.25, 0.3) is 0 Å². The van der Waals surface area contributed by atoms with E-state index >= 15 is 0 Å². The van der Waals surface area contributed by atoms with Gasteiger partial charge in [-0.15, -0.1) is 23.2 Å². The molecule has 0 radical (unpaired) electrons. The van der Waals surface area contributed by atoms with Crippen LogP contribution in [-0.4, -0.2) is 4.84 Å². The zero-order valence-electron chi connectivity index (χ0n) is 5.87. The molecule has 0 aliphatic heterocycles. The van der Waals surface area contributed by atoms with Gasteiger partial charge in [-0.1, -0.05) is 42.5 Å². The molecule has 0 bridgehead atoms. The lowest BCUT2D eigenvalue weighted by molar-refractivity contribution is 1.60. The predicted octanol–water partition coefficient (Wildman–Crippen LogP) is 3.50. The zero-order chi connectivity index (χ0) is 8.10. The van der Waals surface area contributed by atoms with Crippen molar-refractivity contribution in [2.45, 2.75) is 4.84 Å². The van der Waals surface area contributed by atoms with E-state index in [4.69, 9.17) is 23.2 Å². The molecule has 0 unspecified atom stereocenters. The molecule has 0 atom stereocenters. The second kappa shape index (κ2) is 4.42. The van der Waals surface area contributed by atoms with Gasteiger partial charge >= 0.3 is 0 Å². The highest BCUT2D eigenvalue weighted by molar-refractivity contribution is 6.45. The van der Waals surface area contributed by atoms with Crippen LogP contribution in [0.5, 0.6) is 0 Å². The summed E-state index contributed by atoms with van der Waals surface area (Å²) in [6.45, 7) is 0. The van der Waals surface area contributed by atoms with Crippen LogP contribution in [-0.2, 0) is 0 Å². The molecule has 1 rings (SSSR count). The first-order chi connectivity index (χ1) is 5.29.